The van der Waals surface area contributed by atoms with Gasteiger partial charge in [-0.1, -0.05) is 24.3 Å². The predicted molar refractivity (Wildman–Crippen MR) is 73.8 cm³/mol. The van der Waals surface area contributed by atoms with Crippen molar-refractivity contribution in [2.45, 2.75) is 6.42 Å². The monoisotopic (exact) mass is 255 g/mol. The number of aromatic nitrogens is 2. The second kappa shape index (κ2) is 4.93. The summed E-state index contributed by atoms with van der Waals surface area (Å²) in [6, 6.07) is 0. The van der Waals surface area contributed by atoms with Crippen molar-refractivity contribution in [1.29, 1.82) is 0 Å². The lowest BCUT2D eigenvalue weighted by atomic mass is 10.2. The molecule has 0 radical (unpaired) electrons. The van der Waals surface area contributed by atoms with Gasteiger partial charge in [0.05, 0.1) is 6.67 Å². The molecule has 0 fully saturated rings. The van der Waals surface area contributed by atoms with Crippen LogP contribution in [0.15, 0.2) is 42.3 Å². The first-order valence-electron chi connectivity index (χ1n) is 6.02. The fraction of sp³-hybridized carbons (Fsp3) is 0.154. The van der Waals surface area contributed by atoms with E-state index in [4.69, 9.17) is 0 Å². The summed E-state index contributed by atoms with van der Waals surface area (Å²) in [5.41, 5.74) is 1.36. The van der Waals surface area contributed by atoms with E-state index in [2.05, 4.69) is 25.9 Å². The van der Waals surface area contributed by atoms with Crippen LogP contribution in [-0.2, 0) is 4.79 Å². The number of allylic oxidation sites excluding steroid dienone is 4. The number of nitrogens with one attached hydrogen (secondary N) is 3. The second-order valence-electron chi connectivity index (χ2n) is 4.11. The van der Waals surface area contributed by atoms with Crippen LogP contribution < -0.4 is 16.0 Å². The van der Waals surface area contributed by atoms with Gasteiger partial charge < -0.3 is 16.0 Å². The molecule has 1 amide bonds. The van der Waals surface area contributed by atoms with Crippen LogP contribution in [0.2, 0.25) is 0 Å². The van der Waals surface area contributed by atoms with E-state index in [1.807, 2.05) is 24.3 Å². The lowest BCUT2D eigenvalue weighted by Gasteiger charge is -2.08. The fourth-order valence-corrected chi connectivity index (χ4v) is 1.93. The zero-order chi connectivity index (χ0) is 13.1. The smallest absolute Gasteiger partial charge is 0.256 e. The van der Waals surface area contributed by atoms with E-state index in [1.54, 1.807) is 6.08 Å². The Balaban J connectivity index is 1.81. The Labute approximate surface area is 110 Å². The molecule has 0 spiro atoms. The summed E-state index contributed by atoms with van der Waals surface area (Å²) in [6.07, 6.45) is 11.6. The van der Waals surface area contributed by atoms with Crippen molar-refractivity contribution in [2.75, 3.05) is 22.6 Å². The van der Waals surface area contributed by atoms with Gasteiger partial charge >= 0.3 is 0 Å². The predicted octanol–water partition coefficient (Wildman–Crippen LogP) is 1.65. The molecule has 6 nitrogen and oxygen atoms in total. The largest absolute Gasteiger partial charge is 0.362 e. The SMILES string of the molecule is O=C(Nc1ncnc2c1NCN2)C1=CCC=CC=C1. The number of rotatable bonds is 2. The first-order chi connectivity index (χ1) is 9.34. The Bertz CT molecular complexity index is 603. The van der Waals surface area contributed by atoms with Crippen molar-refractivity contribution >= 4 is 23.2 Å². The zero-order valence-corrected chi connectivity index (χ0v) is 10.2. The van der Waals surface area contributed by atoms with Crippen LogP contribution in [-0.4, -0.2) is 22.5 Å². The minimum absolute atomic E-state index is 0.172. The third-order valence-corrected chi connectivity index (χ3v) is 2.86. The number of amides is 1. The van der Waals surface area contributed by atoms with Crippen molar-refractivity contribution < 1.29 is 4.79 Å². The first kappa shape index (κ1) is 11.5. The summed E-state index contributed by atoms with van der Waals surface area (Å²) >= 11 is 0. The summed E-state index contributed by atoms with van der Waals surface area (Å²) in [4.78, 5) is 20.3. The van der Waals surface area contributed by atoms with Crippen molar-refractivity contribution in [3.05, 3.63) is 42.3 Å². The summed E-state index contributed by atoms with van der Waals surface area (Å²) in [5.74, 6) is 1.03. The summed E-state index contributed by atoms with van der Waals surface area (Å²) in [6.45, 7) is 0.587. The van der Waals surface area contributed by atoms with Gasteiger partial charge in [0.15, 0.2) is 11.6 Å². The van der Waals surface area contributed by atoms with E-state index in [1.165, 1.54) is 6.33 Å². The van der Waals surface area contributed by atoms with E-state index in [9.17, 15) is 4.79 Å². The molecule has 0 atom stereocenters. The number of hydrogen-bond donors (Lipinski definition) is 3. The first-order valence-corrected chi connectivity index (χ1v) is 6.02. The van der Waals surface area contributed by atoms with Gasteiger partial charge in [-0.05, 0) is 12.5 Å². The molecule has 0 aromatic carbocycles. The standard InChI is InChI=1S/C13H13N5O/c19-13(9-5-3-1-2-4-6-9)18-12-10-11(15-7-14-10)16-8-17-12/h1-3,5-6,8,14H,4,7H2,(H2,15,16,17,18,19). The molecule has 0 saturated heterocycles. The van der Waals surface area contributed by atoms with Crippen LogP contribution in [0.4, 0.5) is 17.3 Å². The van der Waals surface area contributed by atoms with Gasteiger partial charge in [0.1, 0.15) is 12.0 Å². The van der Waals surface area contributed by atoms with Crippen molar-refractivity contribution in [2.24, 2.45) is 0 Å². The number of carbonyl (C=O) groups is 1. The van der Waals surface area contributed by atoms with Gasteiger partial charge in [0, 0.05) is 5.57 Å². The molecule has 0 unspecified atom stereocenters. The van der Waals surface area contributed by atoms with E-state index < -0.39 is 0 Å². The number of anilines is 3. The van der Waals surface area contributed by atoms with Gasteiger partial charge in [0.25, 0.3) is 5.91 Å². The van der Waals surface area contributed by atoms with Gasteiger partial charge in [0.2, 0.25) is 0 Å². The van der Waals surface area contributed by atoms with Crippen molar-refractivity contribution in [1.82, 2.24) is 9.97 Å². The maximum absolute atomic E-state index is 12.2. The topological polar surface area (TPSA) is 78.9 Å². The lowest BCUT2D eigenvalue weighted by Crippen LogP contribution is -2.15. The van der Waals surface area contributed by atoms with Gasteiger partial charge in [-0.3, -0.25) is 4.79 Å². The average molecular weight is 255 g/mol. The highest BCUT2D eigenvalue weighted by atomic mass is 16.1. The van der Waals surface area contributed by atoms with Gasteiger partial charge in [-0.15, -0.1) is 0 Å². The minimum Gasteiger partial charge on any atom is -0.362 e. The van der Waals surface area contributed by atoms with Crippen LogP contribution in [0.25, 0.3) is 0 Å². The molecule has 96 valence electrons. The third-order valence-electron chi connectivity index (χ3n) is 2.86. The molecule has 19 heavy (non-hydrogen) atoms. The van der Waals surface area contributed by atoms with E-state index in [-0.39, 0.29) is 5.91 Å². The zero-order valence-electron chi connectivity index (χ0n) is 10.2. The Morgan fingerprint density at radius 2 is 2.21 bits per heavy atom. The fourth-order valence-electron chi connectivity index (χ4n) is 1.93. The molecule has 0 bridgehead atoms. The maximum Gasteiger partial charge on any atom is 0.256 e. The normalized spacial score (nSPS) is 15.9. The average Bonchev–Trinajstić information content (AvgIpc) is 2.73. The summed E-state index contributed by atoms with van der Waals surface area (Å²) < 4.78 is 0. The van der Waals surface area contributed by atoms with Crippen LogP contribution in [0, 0.1) is 0 Å². The quantitative estimate of drug-likeness (QED) is 0.749. The molecule has 3 N–H and O–H groups in total. The van der Waals surface area contributed by atoms with E-state index in [0.29, 0.717) is 23.9 Å². The summed E-state index contributed by atoms with van der Waals surface area (Å²) in [5, 5.41) is 8.94. The molecule has 2 heterocycles. The van der Waals surface area contributed by atoms with E-state index >= 15 is 0 Å². The van der Waals surface area contributed by atoms with Crippen LogP contribution in [0.1, 0.15) is 6.42 Å². The molecular weight excluding hydrogens is 242 g/mol. The van der Waals surface area contributed by atoms with Crippen LogP contribution >= 0.6 is 0 Å². The number of fused-ring (bicyclic) bond motifs is 1. The minimum atomic E-state index is -0.172. The molecule has 0 saturated carbocycles. The highest BCUT2D eigenvalue weighted by Gasteiger charge is 2.18. The Hall–Kier alpha value is -2.63. The van der Waals surface area contributed by atoms with E-state index in [0.717, 1.165) is 12.1 Å². The number of carbonyl (C=O) groups excluding carboxylic acids is 1. The summed E-state index contributed by atoms with van der Waals surface area (Å²) in [7, 11) is 0. The second-order valence-corrected chi connectivity index (χ2v) is 4.11. The van der Waals surface area contributed by atoms with Crippen molar-refractivity contribution in [3.63, 3.8) is 0 Å². The molecule has 2 aliphatic rings. The maximum atomic E-state index is 12.2. The molecule has 1 aliphatic carbocycles. The molecule has 1 aromatic heterocycles. The molecule has 3 rings (SSSR count). The number of nitrogens with zero attached hydrogens (tertiary/aromatic N) is 2. The van der Waals surface area contributed by atoms with Gasteiger partial charge in [-0.25, -0.2) is 9.97 Å². The Morgan fingerprint density at radius 3 is 3.16 bits per heavy atom. The number of hydrogen-bond acceptors (Lipinski definition) is 5. The van der Waals surface area contributed by atoms with Crippen molar-refractivity contribution in [3.8, 4) is 0 Å². The molecule has 1 aromatic rings. The van der Waals surface area contributed by atoms with Gasteiger partial charge in [-0.2, -0.15) is 0 Å². The highest BCUT2D eigenvalue weighted by molar-refractivity contribution is 6.07. The van der Waals surface area contributed by atoms with Crippen LogP contribution in [0.5, 0.6) is 0 Å². The molecule has 1 aliphatic heterocycles. The highest BCUT2D eigenvalue weighted by Crippen LogP contribution is 2.29. The molecular formula is C13H13N5O. The van der Waals surface area contributed by atoms with Crippen LogP contribution in [0.3, 0.4) is 0 Å². The lowest BCUT2D eigenvalue weighted by molar-refractivity contribution is -0.112. The third kappa shape index (κ3) is 2.33. The Morgan fingerprint density at radius 1 is 1.26 bits per heavy atom. The molecule has 6 heteroatoms. The Kier molecular flexibility index (Phi) is 2.97.